The predicted octanol–water partition coefficient (Wildman–Crippen LogP) is 2.04. The first-order valence-corrected chi connectivity index (χ1v) is 7.35. The summed E-state index contributed by atoms with van der Waals surface area (Å²) >= 11 is 0. The predicted molar refractivity (Wildman–Crippen MR) is 80.4 cm³/mol. The lowest BCUT2D eigenvalue weighted by Gasteiger charge is -2.37. The van der Waals surface area contributed by atoms with E-state index in [9.17, 15) is 0 Å². The molecule has 0 bridgehead atoms. The van der Waals surface area contributed by atoms with Gasteiger partial charge in [-0.15, -0.1) is 0 Å². The molecule has 0 amide bonds. The van der Waals surface area contributed by atoms with Crippen LogP contribution in [0.5, 0.6) is 0 Å². The Morgan fingerprint density at radius 3 is 2.63 bits per heavy atom. The summed E-state index contributed by atoms with van der Waals surface area (Å²) in [6, 6.07) is 4.87. The van der Waals surface area contributed by atoms with Gasteiger partial charge in [0.1, 0.15) is 5.82 Å². The monoisotopic (exact) mass is 262 g/mol. The molecule has 1 aliphatic heterocycles. The maximum absolute atomic E-state index is 4.43. The molecule has 4 nitrogen and oxygen atoms in total. The lowest BCUT2D eigenvalue weighted by Crippen LogP contribution is -2.48. The molecule has 0 saturated carbocycles. The summed E-state index contributed by atoms with van der Waals surface area (Å²) in [5.41, 5.74) is 1.31. The van der Waals surface area contributed by atoms with Gasteiger partial charge >= 0.3 is 0 Å². The van der Waals surface area contributed by atoms with Crippen molar-refractivity contribution in [2.24, 2.45) is 0 Å². The molecule has 1 aromatic heterocycles. The molecule has 1 saturated heterocycles. The van der Waals surface area contributed by atoms with Gasteiger partial charge in [-0.3, -0.25) is 9.80 Å². The number of nitrogens with zero attached hydrogens (tertiary/aromatic N) is 3. The van der Waals surface area contributed by atoms with Crippen molar-refractivity contribution < 1.29 is 0 Å². The summed E-state index contributed by atoms with van der Waals surface area (Å²) in [6.45, 7) is 13.2. The summed E-state index contributed by atoms with van der Waals surface area (Å²) in [7, 11) is 0. The van der Waals surface area contributed by atoms with Crippen molar-refractivity contribution >= 4 is 5.82 Å². The zero-order valence-electron chi connectivity index (χ0n) is 12.4. The molecule has 0 aromatic carbocycles. The van der Waals surface area contributed by atoms with Gasteiger partial charge in [0.2, 0.25) is 0 Å². The summed E-state index contributed by atoms with van der Waals surface area (Å²) in [5, 5.41) is 3.34. The number of pyridine rings is 1. The molecule has 0 unspecified atom stereocenters. The Hall–Kier alpha value is -1.13. The molecule has 0 radical (unpaired) electrons. The second-order valence-corrected chi connectivity index (χ2v) is 5.45. The van der Waals surface area contributed by atoms with Crippen LogP contribution < -0.4 is 5.32 Å². The molecule has 0 spiro atoms. The Morgan fingerprint density at radius 1 is 1.26 bits per heavy atom. The van der Waals surface area contributed by atoms with Crippen molar-refractivity contribution in [3.05, 3.63) is 23.9 Å². The minimum atomic E-state index is 0.665. The molecule has 1 aromatic rings. The van der Waals surface area contributed by atoms with Gasteiger partial charge in [-0.05, 0) is 26.8 Å². The smallest absolute Gasteiger partial charge is 0.130 e. The third-order valence-electron chi connectivity index (χ3n) is 3.77. The maximum Gasteiger partial charge on any atom is 0.130 e. The fourth-order valence-electron chi connectivity index (χ4n) is 2.57. The number of hydrogen-bond acceptors (Lipinski definition) is 4. The Bertz CT molecular complexity index is 383. The van der Waals surface area contributed by atoms with E-state index in [0.29, 0.717) is 6.04 Å². The number of nitrogens with one attached hydrogen (secondary N) is 1. The van der Waals surface area contributed by atoms with Crippen LogP contribution in [0.2, 0.25) is 0 Å². The van der Waals surface area contributed by atoms with Crippen molar-refractivity contribution in [3.8, 4) is 0 Å². The van der Waals surface area contributed by atoms with E-state index < -0.39 is 0 Å². The van der Waals surface area contributed by atoms with Gasteiger partial charge < -0.3 is 5.32 Å². The van der Waals surface area contributed by atoms with Gasteiger partial charge in [0, 0.05) is 57.1 Å². The van der Waals surface area contributed by atoms with Crippen molar-refractivity contribution in [1.82, 2.24) is 14.8 Å². The highest BCUT2D eigenvalue weighted by Crippen LogP contribution is 2.15. The van der Waals surface area contributed by atoms with Gasteiger partial charge in [-0.1, -0.05) is 6.07 Å². The zero-order valence-corrected chi connectivity index (χ0v) is 12.4. The summed E-state index contributed by atoms with van der Waals surface area (Å²) in [4.78, 5) is 9.50. The first-order valence-electron chi connectivity index (χ1n) is 7.35. The topological polar surface area (TPSA) is 31.4 Å². The number of rotatable bonds is 5. The summed E-state index contributed by atoms with van der Waals surface area (Å²) < 4.78 is 0. The van der Waals surface area contributed by atoms with Crippen molar-refractivity contribution in [2.75, 3.05) is 38.0 Å². The fraction of sp³-hybridized carbons (Fsp3) is 0.667. The standard InChI is InChI=1S/C15H26N4/c1-4-16-15-14(6-5-7-17-15)12-18-8-10-19(11-9-18)13(2)3/h5-7,13H,4,8-12H2,1-3H3,(H,16,17). The van der Waals surface area contributed by atoms with E-state index in [0.717, 1.165) is 32.0 Å². The molecule has 1 aliphatic rings. The Morgan fingerprint density at radius 2 is 2.00 bits per heavy atom. The van der Waals surface area contributed by atoms with Crippen molar-refractivity contribution in [3.63, 3.8) is 0 Å². The fourth-order valence-corrected chi connectivity index (χ4v) is 2.57. The SMILES string of the molecule is CCNc1ncccc1CN1CCN(C(C)C)CC1. The second kappa shape index (κ2) is 6.87. The lowest BCUT2D eigenvalue weighted by molar-refractivity contribution is 0.104. The van der Waals surface area contributed by atoms with Crippen LogP contribution in [-0.4, -0.2) is 53.5 Å². The summed E-state index contributed by atoms with van der Waals surface area (Å²) in [6.07, 6.45) is 1.86. The maximum atomic E-state index is 4.43. The van der Waals surface area contributed by atoms with Gasteiger partial charge in [-0.25, -0.2) is 4.98 Å². The average molecular weight is 262 g/mol. The van der Waals surface area contributed by atoms with Crippen LogP contribution in [0.15, 0.2) is 18.3 Å². The van der Waals surface area contributed by atoms with Gasteiger partial charge in [0.25, 0.3) is 0 Å². The zero-order chi connectivity index (χ0) is 13.7. The molecule has 1 N–H and O–H groups in total. The molecule has 106 valence electrons. The Labute approximate surface area is 116 Å². The molecule has 19 heavy (non-hydrogen) atoms. The largest absolute Gasteiger partial charge is 0.370 e. The van der Waals surface area contributed by atoms with Crippen LogP contribution in [0.3, 0.4) is 0 Å². The Kier molecular flexibility index (Phi) is 5.16. The van der Waals surface area contributed by atoms with Gasteiger partial charge in [0.15, 0.2) is 0 Å². The molecule has 2 heterocycles. The molecule has 0 atom stereocenters. The number of aromatic nitrogens is 1. The van der Waals surface area contributed by atoms with E-state index in [1.807, 2.05) is 12.3 Å². The molecular weight excluding hydrogens is 236 g/mol. The van der Waals surface area contributed by atoms with E-state index in [4.69, 9.17) is 0 Å². The summed E-state index contributed by atoms with van der Waals surface area (Å²) in [5.74, 6) is 1.04. The highest BCUT2D eigenvalue weighted by molar-refractivity contribution is 5.43. The van der Waals surface area contributed by atoms with E-state index in [1.54, 1.807) is 0 Å². The van der Waals surface area contributed by atoms with Crippen LogP contribution in [0.4, 0.5) is 5.82 Å². The van der Waals surface area contributed by atoms with E-state index >= 15 is 0 Å². The van der Waals surface area contributed by atoms with Crippen LogP contribution in [0.1, 0.15) is 26.3 Å². The normalized spacial score (nSPS) is 17.9. The first-order chi connectivity index (χ1) is 9.20. The average Bonchev–Trinajstić information content (AvgIpc) is 2.42. The minimum Gasteiger partial charge on any atom is -0.370 e. The van der Waals surface area contributed by atoms with Gasteiger partial charge in [0.05, 0.1) is 0 Å². The van der Waals surface area contributed by atoms with Crippen molar-refractivity contribution in [2.45, 2.75) is 33.4 Å². The quantitative estimate of drug-likeness (QED) is 0.880. The van der Waals surface area contributed by atoms with E-state index in [-0.39, 0.29) is 0 Å². The van der Waals surface area contributed by atoms with Gasteiger partial charge in [-0.2, -0.15) is 0 Å². The Balaban J connectivity index is 1.92. The van der Waals surface area contributed by atoms with Crippen LogP contribution in [0, 0.1) is 0 Å². The molecular formula is C15H26N4. The number of hydrogen-bond donors (Lipinski definition) is 1. The molecule has 2 rings (SSSR count). The third kappa shape index (κ3) is 3.91. The number of piperazine rings is 1. The van der Waals surface area contributed by atoms with E-state index in [2.05, 4.69) is 46.9 Å². The minimum absolute atomic E-state index is 0.665. The third-order valence-corrected chi connectivity index (χ3v) is 3.77. The van der Waals surface area contributed by atoms with Crippen LogP contribution in [0.25, 0.3) is 0 Å². The molecule has 1 fully saturated rings. The van der Waals surface area contributed by atoms with Crippen LogP contribution >= 0.6 is 0 Å². The highest BCUT2D eigenvalue weighted by atomic mass is 15.3. The number of anilines is 1. The second-order valence-electron chi connectivity index (χ2n) is 5.45. The first kappa shape index (κ1) is 14.3. The van der Waals surface area contributed by atoms with E-state index in [1.165, 1.54) is 18.7 Å². The lowest BCUT2D eigenvalue weighted by atomic mass is 10.2. The highest BCUT2D eigenvalue weighted by Gasteiger charge is 2.19. The van der Waals surface area contributed by atoms with Crippen molar-refractivity contribution in [1.29, 1.82) is 0 Å². The van der Waals surface area contributed by atoms with Crippen LogP contribution in [-0.2, 0) is 6.54 Å². The molecule has 0 aliphatic carbocycles. The molecule has 4 heteroatoms.